The number of likely N-dealkylation sites (tertiary alicyclic amines) is 1. The van der Waals surface area contributed by atoms with Gasteiger partial charge in [0, 0.05) is 67.2 Å². The second kappa shape index (κ2) is 9.73. The number of carbonyl (C=O) groups excluding carboxylic acids is 1. The Labute approximate surface area is 229 Å². The summed E-state index contributed by atoms with van der Waals surface area (Å²) in [5.74, 6) is 0.407. The van der Waals surface area contributed by atoms with E-state index in [1.54, 1.807) is 12.0 Å². The number of methoxy groups -OCH3 is 1. The molecule has 0 spiro atoms. The number of H-pyrrole nitrogens is 1. The van der Waals surface area contributed by atoms with E-state index in [0.717, 1.165) is 55.6 Å². The number of amides is 1. The third-order valence-corrected chi connectivity index (χ3v) is 9.95. The lowest BCUT2D eigenvalue weighted by atomic mass is 9.73. The van der Waals surface area contributed by atoms with Crippen molar-refractivity contribution in [2.24, 2.45) is 5.92 Å². The van der Waals surface area contributed by atoms with Crippen molar-refractivity contribution in [1.29, 1.82) is 0 Å². The van der Waals surface area contributed by atoms with E-state index in [4.69, 9.17) is 9.47 Å². The molecule has 1 aliphatic carbocycles. The number of aromatic nitrogens is 1. The standard InChI is InChI=1S/C31H40FN3O4/c1-17-12-18(2)33-29(36)25(17)16-34-11-10-23-26(30(34)37)19(3)28-24(27(23)32)13-31(4,39-28)20-6-8-21(9-7-20)35-14-22(15-35)38-5/h12,20-22H,6-11,13-16H2,1-5H3,(H,33,36). The lowest BCUT2D eigenvalue weighted by Crippen LogP contribution is -2.57. The van der Waals surface area contributed by atoms with Crippen LogP contribution in [-0.2, 0) is 24.1 Å². The molecule has 1 atom stereocenters. The van der Waals surface area contributed by atoms with Gasteiger partial charge in [0.2, 0.25) is 0 Å². The third kappa shape index (κ3) is 4.40. The maximum absolute atomic E-state index is 16.0. The molecule has 1 amide bonds. The zero-order valence-electron chi connectivity index (χ0n) is 23.8. The Hall–Kier alpha value is -2.71. The fourth-order valence-corrected chi connectivity index (χ4v) is 7.52. The van der Waals surface area contributed by atoms with Crippen LogP contribution in [0.1, 0.15) is 76.5 Å². The highest BCUT2D eigenvalue weighted by Gasteiger charge is 2.48. The van der Waals surface area contributed by atoms with Crippen LogP contribution < -0.4 is 10.3 Å². The molecule has 1 aromatic carbocycles. The summed E-state index contributed by atoms with van der Waals surface area (Å²) < 4.78 is 28.1. The molecule has 3 aliphatic heterocycles. The number of carbonyl (C=O) groups is 1. The number of fused-ring (bicyclic) bond motifs is 2. The number of rotatable bonds is 5. The number of aromatic amines is 1. The van der Waals surface area contributed by atoms with Crippen molar-refractivity contribution in [3.05, 3.63) is 61.3 Å². The molecule has 0 radical (unpaired) electrons. The largest absolute Gasteiger partial charge is 0.486 e. The number of pyridine rings is 1. The predicted octanol–water partition coefficient (Wildman–Crippen LogP) is 4.22. The fraction of sp³-hybridized carbons (Fsp3) is 0.613. The second-order valence-electron chi connectivity index (χ2n) is 12.4. The molecular weight excluding hydrogens is 497 g/mol. The van der Waals surface area contributed by atoms with Crippen LogP contribution in [0.2, 0.25) is 0 Å². The van der Waals surface area contributed by atoms with Gasteiger partial charge in [0.05, 0.1) is 18.2 Å². The maximum atomic E-state index is 16.0. The summed E-state index contributed by atoms with van der Waals surface area (Å²) in [5, 5.41) is 0. The van der Waals surface area contributed by atoms with Gasteiger partial charge in [-0.2, -0.15) is 0 Å². The summed E-state index contributed by atoms with van der Waals surface area (Å²) in [6, 6.07) is 2.51. The van der Waals surface area contributed by atoms with Gasteiger partial charge < -0.3 is 19.4 Å². The van der Waals surface area contributed by atoms with Crippen LogP contribution in [0.5, 0.6) is 5.75 Å². The summed E-state index contributed by atoms with van der Waals surface area (Å²) in [7, 11) is 1.78. The highest BCUT2D eigenvalue weighted by Crippen LogP contribution is 2.49. The second-order valence-corrected chi connectivity index (χ2v) is 12.4. The van der Waals surface area contributed by atoms with Crippen molar-refractivity contribution in [2.75, 3.05) is 26.7 Å². The molecule has 210 valence electrons. The summed E-state index contributed by atoms with van der Waals surface area (Å²) in [4.78, 5) is 33.3. The number of ether oxygens (including phenoxy) is 2. The predicted molar refractivity (Wildman–Crippen MR) is 147 cm³/mol. The van der Waals surface area contributed by atoms with Crippen LogP contribution in [0.25, 0.3) is 0 Å². The Morgan fingerprint density at radius 3 is 2.51 bits per heavy atom. The van der Waals surface area contributed by atoms with E-state index in [1.807, 2.05) is 26.8 Å². The maximum Gasteiger partial charge on any atom is 0.254 e. The first-order valence-electron chi connectivity index (χ1n) is 14.4. The Kier molecular flexibility index (Phi) is 6.62. The van der Waals surface area contributed by atoms with Crippen molar-refractivity contribution < 1.29 is 18.7 Å². The van der Waals surface area contributed by atoms with Gasteiger partial charge in [0.1, 0.15) is 17.2 Å². The van der Waals surface area contributed by atoms with Gasteiger partial charge >= 0.3 is 0 Å². The zero-order valence-corrected chi connectivity index (χ0v) is 23.8. The number of halogens is 1. The number of nitrogens with zero attached hydrogens (tertiary/aromatic N) is 2. The summed E-state index contributed by atoms with van der Waals surface area (Å²) in [6.45, 7) is 10.4. The Morgan fingerprint density at radius 1 is 1.13 bits per heavy atom. The van der Waals surface area contributed by atoms with Gasteiger partial charge in [-0.15, -0.1) is 0 Å². The van der Waals surface area contributed by atoms with Crippen LogP contribution >= 0.6 is 0 Å². The minimum Gasteiger partial charge on any atom is -0.486 e. The molecule has 1 saturated carbocycles. The average molecular weight is 538 g/mol. The van der Waals surface area contributed by atoms with E-state index in [0.29, 0.717) is 65.5 Å². The van der Waals surface area contributed by atoms with E-state index in [1.165, 1.54) is 0 Å². The first-order valence-corrected chi connectivity index (χ1v) is 14.4. The SMILES string of the molecule is COC1CN(C2CCC(C3(C)Cc4c(F)c5c(c(C)c4O3)C(=O)N(Cc3c(C)cc(C)[nH]c3=O)CC5)CC2)C1. The first-order chi connectivity index (χ1) is 18.6. The lowest BCUT2D eigenvalue weighted by Gasteiger charge is -2.47. The zero-order chi connectivity index (χ0) is 27.6. The molecule has 6 rings (SSSR count). The molecule has 2 fully saturated rings. The van der Waals surface area contributed by atoms with Crippen LogP contribution in [0.15, 0.2) is 10.9 Å². The molecule has 0 bridgehead atoms. The monoisotopic (exact) mass is 537 g/mol. The molecule has 2 aromatic rings. The number of hydrogen-bond acceptors (Lipinski definition) is 5. The van der Waals surface area contributed by atoms with Gasteiger partial charge in [-0.25, -0.2) is 4.39 Å². The van der Waals surface area contributed by atoms with Crippen molar-refractivity contribution in [3.63, 3.8) is 0 Å². The molecule has 4 aliphatic rings. The molecule has 1 saturated heterocycles. The quantitative estimate of drug-likeness (QED) is 0.618. The molecule has 1 N–H and O–H groups in total. The fourth-order valence-electron chi connectivity index (χ4n) is 7.52. The molecule has 1 unspecified atom stereocenters. The van der Waals surface area contributed by atoms with Crippen molar-refractivity contribution >= 4 is 5.91 Å². The highest BCUT2D eigenvalue weighted by atomic mass is 19.1. The number of benzene rings is 1. The summed E-state index contributed by atoms with van der Waals surface area (Å²) in [5.41, 5.74) is 3.86. The number of nitrogens with one attached hydrogen (secondary N) is 1. The van der Waals surface area contributed by atoms with Crippen LogP contribution in [0.3, 0.4) is 0 Å². The molecule has 1 aromatic heterocycles. The Morgan fingerprint density at radius 2 is 1.85 bits per heavy atom. The van der Waals surface area contributed by atoms with Crippen LogP contribution in [0, 0.1) is 32.5 Å². The van der Waals surface area contributed by atoms with E-state index < -0.39 is 5.60 Å². The Balaban J connectivity index is 1.21. The van der Waals surface area contributed by atoms with Gasteiger partial charge in [-0.1, -0.05) is 0 Å². The molecular formula is C31H40FN3O4. The van der Waals surface area contributed by atoms with Crippen molar-refractivity contribution in [3.8, 4) is 5.75 Å². The van der Waals surface area contributed by atoms with Gasteiger partial charge in [-0.05, 0) is 77.3 Å². The van der Waals surface area contributed by atoms with Gasteiger partial charge in [-0.3, -0.25) is 14.5 Å². The van der Waals surface area contributed by atoms with E-state index >= 15 is 4.39 Å². The molecule has 39 heavy (non-hydrogen) atoms. The van der Waals surface area contributed by atoms with Gasteiger partial charge in [0.25, 0.3) is 11.5 Å². The highest BCUT2D eigenvalue weighted by molar-refractivity contribution is 5.99. The lowest BCUT2D eigenvalue weighted by molar-refractivity contribution is -0.0677. The van der Waals surface area contributed by atoms with Crippen molar-refractivity contribution in [1.82, 2.24) is 14.8 Å². The van der Waals surface area contributed by atoms with Crippen LogP contribution in [0.4, 0.5) is 4.39 Å². The normalized spacial score (nSPS) is 27.2. The Bertz CT molecular complexity index is 1370. The third-order valence-electron chi connectivity index (χ3n) is 9.95. The molecule has 7 nitrogen and oxygen atoms in total. The minimum atomic E-state index is -0.470. The van der Waals surface area contributed by atoms with E-state index in [2.05, 4.69) is 16.8 Å². The number of hydrogen-bond donors (Lipinski definition) is 1. The summed E-state index contributed by atoms with van der Waals surface area (Å²) >= 11 is 0. The van der Waals surface area contributed by atoms with Crippen molar-refractivity contribution in [2.45, 2.75) is 90.5 Å². The summed E-state index contributed by atoms with van der Waals surface area (Å²) in [6.07, 6.45) is 5.71. The molecule has 8 heteroatoms. The molecule has 4 heterocycles. The van der Waals surface area contributed by atoms with E-state index in [9.17, 15) is 9.59 Å². The van der Waals surface area contributed by atoms with Gasteiger partial charge in [0.15, 0.2) is 0 Å². The smallest absolute Gasteiger partial charge is 0.254 e. The minimum absolute atomic E-state index is 0.176. The van der Waals surface area contributed by atoms with Crippen LogP contribution in [-0.4, -0.2) is 65.2 Å². The average Bonchev–Trinajstić information content (AvgIpc) is 3.24. The topological polar surface area (TPSA) is 74.9 Å². The first kappa shape index (κ1) is 26.5. The number of aryl methyl sites for hydroxylation is 2. The van der Waals surface area contributed by atoms with E-state index in [-0.39, 0.29) is 23.8 Å².